The van der Waals surface area contributed by atoms with Crippen LogP contribution in [-0.2, 0) is 16.4 Å². The molecule has 9 heteroatoms. The van der Waals surface area contributed by atoms with Gasteiger partial charge in [-0.05, 0) is 30.0 Å². The van der Waals surface area contributed by atoms with Crippen LogP contribution in [0, 0.1) is 0 Å². The number of rotatable bonds is 7. The Kier molecular flexibility index (Phi) is 6.15. The highest BCUT2D eigenvalue weighted by Crippen LogP contribution is 2.15. The molecule has 0 saturated heterocycles. The summed E-state index contributed by atoms with van der Waals surface area (Å²) in [5.41, 5.74) is 0.260. The van der Waals surface area contributed by atoms with Crippen molar-refractivity contribution in [2.45, 2.75) is 6.54 Å². The smallest absolute Gasteiger partial charge is 0.283 e. The van der Waals surface area contributed by atoms with E-state index in [1.807, 2.05) is 19.0 Å². The Bertz CT molecular complexity index is 613. The van der Waals surface area contributed by atoms with Crippen LogP contribution in [0.15, 0.2) is 15.5 Å². The Morgan fingerprint density at radius 3 is 2.65 bits per heavy atom. The number of halogens is 1. The fourth-order valence-electron chi connectivity index (χ4n) is 1.41. The molecule has 0 aliphatic rings. The summed E-state index contributed by atoms with van der Waals surface area (Å²) >= 11 is 3.22. The maximum Gasteiger partial charge on any atom is 0.283 e. The van der Waals surface area contributed by atoms with Crippen molar-refractivity contribution in [1.29, 1.82) is 0 Å². The molecule has 1 aromatic rings. The largest absolute Gasteiger partial charge is 0.382 e. The van der Waals surface area contributed by atoms with Crippen molar-refractivity contribution in [2.75, 3.05) is 44.5 Å². The minimum absolute atomic E-state index is 0.00313. The summed E-state index contributed by atoms with van der Waals surface area (Å²) in [5.74, 6) is 0.00313. The van der Waals surface area contributed by atoms with Crippen LogP contribution < -0.4 is 10.9 Å². The normalized spacial score (nSPS) is 11.8. The molecule has 1 rings (SSSR count). The van der Waals surface area contributed by atoms with E-state index < -0.39 is 9.84 Å². The summed E-state index contributed by atoms with van der Waals surface area (Å²) in [6.45, 7) is 1.44. The van der Waals surface area contributed by atoms with Crippen molar-refractivity contribution < 1.29 is 8.42 Å². The maximum atomic E-state index is 12.0. The molecule has 0 atom stereocenters. The maximum absolute atomic E-state index is 12.0. The lowest BCUT2D eigenvalue weighted by atomic mass is 10.4. The molecule has 1 N–H and O–H groups in total. The fraction of sp³-hybridized carbons (Fsp3) is 0.636. The summed E-state index contributed by atoms with van der Waals surface area (Å²) in [5, 5.41) is 6.95. The molecule has 0 saturated carbocycles. The zero-order chi connectivity index (χ0) is 15.3. The second-order valence-electron chi connectivity index (χ2n) is 4.76. The van der Waals surface area contributed by atoms with Gasteiger partial charge in [-0.2, -0.15) is 5.10 Å². The molecule has 0 spiro atoms. The molecular weight excluding hydrogens is 348 g/mol. The molecule has 0 unspecified atom stereocenters. The van der Waals surface area contributed by atoms with Gasteiger partial charge in [0.2, 0.25) is 0 Å². The summed E-state index contributed by atoms with van der Waals surface area (Å²) < 4.78 is 23.8. The second kappa shape index (κ2) is 7.19. The van der Waals surface area contributed by atoms with Crippen molar-refractivity contribution >= 4 is 31.5 Å². The van der Waals surface area contributed by atoms with Gasteiger partial charge in [0.15, 0.2) is 0 Å². The van der Waals surface area contributed by atoms with Crippen LogP contribution in [0.3, 0.4) is 0 Å². The van der Waals surface area contributed by atoms with E-state index in [0.29, 0.717) is 23.2 Å². The third-order valence-electron chi connectivity index (χ3n) is 2.53. The van der Waals surface area contributed by atoms with Crippen LogP contribution in [0.4, 0.5) is 5.69 Å². The van der Waals surface area contributed by atoms with Crippen LogP contribution >= 0.6 is 15.9 Å². The monoisotopic (exact) mass is 366 g/mol. The highest BCUT2D eigenvalue weighted by molar-refractivity contribution is 9.10. The van der Waals surface area contributed by atoms with Crippen LogP contribution in [0.1, 0.15) is 0 Å². The predicted octanol–water partition coefficient (Wildman–Crippen LogP) is 0.0239. The lowest BCUT2D eigenvalue weighted by Crippen LogP contribution is -2.29. The van der Waals surface area contributed by atoms with E-state index in [-0.39, 0.29) is 17.9 Å². The molecule has 0 aliphatic heterocycles. The highest BCUT2D eigenvalue weighted by Gasteiger charge is 2.09. The standard InChI is InChI=1S/C11H19BrN4O3S/c1-15(2)5-6-16-11(17)10(12)9(8-14-16)13-4-7-20(3,18)19/h8,13H,4-7H2,1-3H3. The average molecular weight is 367 g/mol. The topological polar surface area (TPSA) is 84.3 Å². The minimum Gasteiger partial charge on any atom is -0.382 e. The van der Waals surface area contributed by atoms with E-state index >= 15 is 0 Å². The third kappa shape index (κ3) is 5.59. The Morgan fingerprint density at radius 2 is 2.10 bits per heavy atom. The number of hydrogen-bond acceptors (Lipinski definition) is 6. The first kappa shape index (κ1) is 17.1. The lowest BCUT2D eigenvalue weighted by molar-refractivity contribution is 0.367. The lowest BCUT2D eigenvalue weighted by Gasteiger charge is -2.12. The first-order valence-corrected chi connectivity index (χ1v) is 8.88. The molecule has 0 aliphatic carbocycles. The quantitative estimate of drug-likeness (QED) is 0.732. The van der Waals surface area contributed by atoms with E-state index in [1.165, 1.54) is 17.1 Å². The Morgan fingerprint density at radius 1 is 1.45 bits per heavy atom. The number of nitrogens with one attached hydrogen (secondary N) is 1. The number of hydrogen-bond donors (Lipinski definition) is 1. The zero-order valence-electron chi connectivity index (χ0n) is 11.8. The number of aromatic nitrogens is 2. The molecule has 0 fully saturated rings. The summed E-state index contributed by atoms with van der Waals surface area (Å²) in [4.78, 5) is 14.0. The van der Waals surface area contributed by atoms with E-state index in [4.69, 9.17) is 0 Å². The Balaban J connectivity index is 2.76. The molecule has 114 valence electrons. The molecule has 0 radical (unpaired) electrons. The minimum atomic E-state index is -3.03. The molecule has 0 bridgehead atoms. The number of sulfone groups is 1. The van der Waals surface area contributed by atoms with E-state index in [9.17, 15) is 13.2 Å². The van der Waals surface area contributed by atoms with Gasteiger partial charge in [-0.1, -0.05) is 0 Å². The van der Waals surface area contributed by atoms with Gasteiger partial charge in [0.1, 0.15) is 14.3 Å². The number of nitrogens with zero attached hydrogens (tertiary/aromatic N) is 3. The van der Waals surface area contributed by atoms with Crippen molar-refractivity contribution in [3.05, 3.63) is 21.0 Å². The van der Waals surface area contributed by atoms with Crippen molar-refractivity contribution in [3.63, 3.8) is 0 Å². The molecular formula is C11H19BrN4O3S. The first-order valence-electron chi connectivity index (χ1n) is 6.02. The zero-order valence-corrected chi connectivity index (χ0v) is 14.2. The average Bonchev–Trinajstić information content (AvgIpc) is 2.32. The fourth-order valence-corrected chi connectivity index (χ4v) is 2.33. The SMILES string of the molecule is CN(C)CCn1ncc(NCCS(C)(=O)=O)c(Br)c1=O. The third-order valence-corrected chi connectivity index (χ3v) is 4.24. The Hall–Kier alpha value is -0.930. The first-order chi connectivity index (χ1) is 9.20. The molecule has 0 amide bonds. The van der Waals surface area contributed by atoms with Gasteiger partial charge in [-0.25, -0.2) is 13.1 Å². The van der Waals surface area contributed by atoms with Crippen LogP contribution in [0.2, 0.25) is 0 Å². The highest BCUT2D eigenvalue weighted by atomic mass is 79.9. The van der Waals surface area contributed by atoms with Gasteiger partial charge < -0.3 is 10.2 Å². The van der Waals surface area contributed by atoms with Gasteiger partial charge in [0, 0.05) is 19.3 Å². The van der Waals surface area contributed by atoms with Crippen LogP contribution in [0.5, 0.6) is 0 Å². The van der Waals surface area contributed by atoms with E-state index in [0.717, 1.165) is 0 Å². The van der Waals surface area contributed by atoms with E-state index in [1.54, 1.807) is 0 Å². The molecule has 20 heavy (non-hydrogen) atoms. The summed E-state index contributed by atoms with van der Waals surface area (Å²) in [6, 6.07) is 0. The van der Waals surface area contributed by atoms with Gasteiger partial charge in [-0.3, -0.25) is 4.79 Å². The van der Waals surface area contributed by atoms with Crippen LogP contribution in [0.25, 0.3) is 0 Å². The van der Waals surface area contributed by atoms with E-state index in [2.05, 4.69) is 26.3 Å². The molecule has 1 aromatic heterocycles. The van der Waals surface area contributed by atoms with Gasteiger partial charge >= 0.3 is 0 Å². The molecule has 0 aromatic carbocycles. The van der Waals surface area contributed by atoms with Crippen molar-refractivity contribution in [3.8, 4) is 0 Å². The molecule has 1 heterocycles. The summed E-state index contributed by atoms with van der Waals surface area (Å²) in [6.07, 6.45) is 2.69. The van der Waals surface area contributed by atoms with Gasteiger partial charge in [0.05, 0.1) is 24.2 Å². The van der Waals surface area contributed by atoms with Gasteiger partial charge in [-0.15, -0.1) is 0 Å². The second-order valence-corrected chi connectivity index (χ2v) is 7.81. The van der Waals surface area contributed by atoms with Crippen molar-refractivity contribution in [1.82, 2.24) is 14.7 Å². The Labute approximate surface area is 127 Å². The predicted molar refractivity (Wildman–Crippen MR) is 83.0 cm³/mol. The number of likely N-dealkylation sites (N-methyl/N-ethyl adjacent to an activating group) is 1. The van der Waals surface area contributed by atoms with Gasteiger partial charge in [0.25, 0.3) is 5.56 Å². The van der Waals surface area contributed by atoms with Crippen molar-refractivity contribution in [2.24, 2.45) is 0 Å². The summed E-state index contributed by atoms with van der Waals surface area (Å²) in [7, 11) is 0.805. The number of anilines is 1. The molecule has 7 nitrogen and oxygen atoms in total. The van der Waals surface area contributed by atoms with Crippen LogP contribution in [-0.4, -0.2) is 62.3 Å².